The number of aryl methyl sites for hydroxylation is 1. The van der Waals surface area contributed by atoms with Crippen molar-refractivity contribution in [3.8, 4) is 5.75 Å². The van der Waals surface area contributed by atoms with Gasteiger partial charge in [-0.1, -0.05) is 30.7 Å². The number of hydrogen-bond donors (Lipinski definition) is 1. The van der Waals surface area contributed by atoms with Gasteiger partial charge in [-0.2, -0.15) is 0 Å². The fourth-order valence-electron chi connectivity index (χ4n) is 2.13. The van der Waals surface area contributed by atoms with E-state index >= 15 is 0 Å². The molecule has 1 aromatic heterocycles. The van der Waals surface area contributed by atoms with E-state index < -0.39 is 0 Å². The second-order valence-corrected chi connectivity index (χ2v) is 5.06. The van der Waals surface area contributed by atoms with Crippen molar-refractivity contribution in [2.45, 2.75) is 19.9 Å². The van der Waals surface area contributed by atoms with E-state index in [1.807, 2.05) is 31.3 Å². The molecule has 1 aromatic carbocycles. The summed E-state index contributed by atoms with van der Waals surface area (Å²) < 4.78 is 5.25. The summed E-state index contributed by atoms with van der Waals surface area (Å²) in [4.78, 5) is 4.23. The van der Waals surface area contributed by atoms with E-state index in [1.54, 1.807) is 13.3 Å². The van der Waals surface area contributed by atoms with E-state index in [0.717, 1.165) is 34.0 Å². The van der Waals surface area contributed by atoms with Gasteiger partial charge in [-0.3, -0.25) is 4.98 Å². The van der Waals surface area contributed by atoms with Crippen LogP contribution >= 0.6 is 11.6 Å². The van der Waals surface area contributed by atoms with Gasteiger partial charge in [-0.25, -0.2) is 0 Å². The summed E-state index contributed by atoms with van der Waals surface area (Å²) in [5.74, 6) is 0.753. The van der Waals surface area contributed by atoms with E-state index in [0.29, 0.717) is 0 Å². The lowest BCUT2D eigenvalue weighted by Crippen LogP contribution is -2.22. The summed E-state index contributed by atoms with van der Waals surface area (Å²) in [6.07, 6.45) is 3.55. The molecule has 0 amide bonds. The van der Waals surface area contributed by atoms with Crippen LogP contribution in [0.3, 0.4) is 0 Å². The van der Waals surface area contributed by atoms with Crippen molar-refractivity contribution in [3.63, 3.8) is 0 Å². The summed E-state index contributed by atoms with van der Waals surface area (Å²) in [7, 11) is 1.64. The summed E-state index contributed by atoms with van der Waals surface area (Å²) in [6.45, 7) is 4.94. The van der Waals surface area contributed by atoms with Crippen molar-refractivity contribution in [1.82, 2.24) is 10.3 Å². The van der Waals surface area contributed by atoms with Crippen LogP contribution in [0, 0.1) is 6.92 Å². The van der Waals surface area contributed by atoms with Crippen LogP contribution < -0.4 is 10.1 Å². The maximum Gasteiger partial charge on any atom is 0.137 e. The summed E-state index contributed by atoms with van der Waals surface area (Å²) in [5.41, 5.74) is 3.26. The normalized spacial score (nSPS) is 12.2. The van der Waals surface area contributed by atoms with Crippen LogP contribution in [0.1, 0.15) is 29.7 Å². The van der Waals surface area contributed by atoms with Crippen molar-refractivity contribution in [2.75, 3.05) is 13.7 Å². The molecule has 0 aliphatic rings. The van der Waals surface area contributed by atoms with Crippen LogP contribution in [-0.2, 0) is 0 Å². The summed E-state index contributed by atoms with van der Waals surface area (Å²) in [5, 5.41) is 4.24. The van der Waals surface area contributed by atoms with E-state index in [2.05, 4.69) is 23.3 Å². The molecule has 1 atom stereocenters. The SMILES string of the molecule is CCNC(c1cncc(OC)c1)c1ccc(C)c(Cl)c1. The number of halogens is 1. The molecule has 0 saturated heterocycles. The van der Waals surface area contributed by atoms with Crippen molar-refractivity contribution in [3.05, 3.63) is 58.4 Å². The Balaban J connectivity index is 2.41. The Labute approximate surface area is 124 Å². The highest BCUT2D eigenvalue weighted by Gasteiger charge is 2.15. The van der Waals surface area contributed by atoms with E-state index in [9.17, 15) is 0 Å². The summed E-state index contributed by atoms with van der Waals surface area (Å²) in [6, 6.07) is 8.18. The van der Waals surface area contributed by atoms with Crippen molar-refractivity contribution in [2.24, 2.45) is 0 Å². The molecule has 1 heterocycles. The minimum absolute atomic E-state index is 0.0562. The largest absolute Gasteiger partial charge is 0.495 e. The topological polar surface area (TPSA) is 34.2 Å². The van der Waals surface area contributed by atoms with Gasteiger partial charge in [-0.05, 0) is 42.3 Å². The number of ether oxygens (including phenoxy) is 1. The Morgan fingerprint density at radius 1 is 1.25 bits per heavy atom. The third-order valence-corrected chi connectivity index (χ3v) is 3.65. The van der Waals surface area contributed by atoms with Crippen LogP contribution in [-0.4, -0.2) is 18.6 Å². The van der Waals surface area contributed by atoms with E-state index in [-0.39, 0.29) is 6.04 Å². The van der Waals surface area contributed by atoms with Crippen molar-refractivity contribution < 1.29 is 4.74 Å². The van der Waals surface area contributed by atoms with Crippen LogP contribution in [0.25, 0.3) is 0 Å². The number of rotatable bonds is 5. The molecule has 20 heavy (non-hydrogen) atoms. The Hall–Kier alpha value is -1.58. The van der Waals surface area contributed by atoms with Gasteiger partial charge in [0.2, 0.25) is 0 Å². The third kappa shape index (κ3) is 3.30. The molecule has 3 nitrogen and oxygen atoms in total. The molecule has 0 aliphatic carbocycles. The highest BCUT2D eigenvalue weighted by molar-refractivity contribution is 6.31. The standard InChI is InChI=1S/C16H19ClN2O/c1-4-19-16(12-6-5-11(2)15(17)8-12)13-7-14(20-3)10-18-9-13/h5-10,16,19H,4H2,1-3H3. The molecule has 0 aliphatic heterocycles. The maximum absolute atomic E-state index is 6.24. The molecule has 1 N–H and O–H groups in total. The zero-order valence-electron chi connectivity index (χ0n) is 12.0. The number of pyridine rings is 1. The number of nitrogens with one attached hydrogen (secondary N) is 1. The lowest BCUT2D eigenvalue weighted by molar-refractivity contribution is 0.411. The molecule has 0 saturated carbocycles. The first-order valence-corrected chi connectivity index (χ1v) is 7.02. The van der Waals surface area contributed by atoms with E-state index in [1.165, 1.54) is 0 Å². The Morgan fingerprint density at radius 3 is 2.70 bits per heavy atom. The molecule has 0 spiro atoms. The van der Waals surface area contributed by atoms with Crippen molar-refractivity contribution in [1.29, 1.82) is 0 Å². The molecule has 2 rings (SSSR count). The first-order chi connectivity index (χ1) is 9.65. The second kappa shape index (κ2) is 6.73. The van der Waals surface area contributed by atoms with Gasteiger partial charge in [0, 0.05) is 11.2 Å². The second-order valence-electron chi connectivity index (χ2n) is 4.66. The number of methoxy groups -OCH3 is 1. The molecule has 106 valence electrons. The minimum Gasteiger partial charge on any atom is -0.495 e. The maximum atomic E-state index is 6.24. The first-order valence-electron chi connectivity index (χ1n) is 6.64. The molecular formula is C16H19ClN2O. The summed E-state index contributed by atoms with van der Waals surface area (Å²) >= 11 is 6.24. The highest BCUT2D eigenvalue weighted by atomic mass is 35.5. The van der Waals surface area contributed by atoms with Gasteiger partial charge in [-0.15, -0.1) is 0 Å². The third-order valence-electron chi connectivity index (χ3n) is 3.24. The monoisotopic (exact) mass is 290 g/mol. The molecule has 0 radical (unpaired) electrons. The molecule has 4 heteroatoms. The fourth-order valence-corrected chi connectivity index (χ4v) is 2.32. The Bertz CT molecular complexity index is 586. The van der Waals surface area contributed by atoms with E-state index in [4.69, 9.17) is 16.3 Å². The number of nitrogens with zero attached hydrogens (tertiary/aromatic N) is 1. The predicted molar refractivity (Wildman–Crippen MR) is 82.5 cm³/mol. The van der Waals surface area contributed by atoms with Gasteiger partial charge in [0.15, 0.2) is 0 Å². The molecule has 0 bridgehead atoms. The van der Waals surface area contributed by atoms with Crippen LogP contribution in [0.2, 0.25) is 5.02 Å². The van der Waals surface area contributed by atoms with Gasteiger partial charge >= 0.3 is 0 Å². The average Bonchev–Trinajstić information content (AvgIpc) is 2.48. The first kappa shape index (κ1) is 14.8. The lowest BCUT2D eigenvalue weighted by atomic mass is 9.99. The molecule has 1 unspecified atom stereocenters. The lowest BCUT2D eigenvalue weighted by Gasteiger charge is -2.19. The fraction of sp³-hybridized carbons (Fsp3) is 0.312. The Kier molecular flexibility index (Phi) is 4.99. The number of hydrogen-bond acceptors (Lipinski definition) is 3. The predicted octanol–water partition coefficient (Wildman–Crippen LogP) is 3.75. The zero-order valence-corrected chi connectivity index (χ0v) is 12.7. The van der Waals surface area contributed by atoms with Gasteiger partial charge < -0.3 is 10.1 Å². The van der Waals surface area contributed by atoms with Crippen molar-refractivity contribution >= 4 is 11.6 Å². The zero-order chi connectivity index (χ0) is 14.5. The van der Waals surface area contributed by atoms with Gasteiger partial charge in [0.1, 0.15) is 5.75 Å². The quantitative estimate of drug-likeness (QED) is 0.910. The van der Waals surface area contributed by atoms with Crippen LogP contribution in [0.15, 0.2) is 36.7 Å². The minimum atomic E-state index is 0.0562. The molecular weight excluding hydrogens is 272 g/mol. The van der Waals surface area contributed by atoms with Gasteiger partial charge in [0.25, 0.3) is 0 Å². The smallest absolute Gasteiger partial charge is 0.137 e. The highest BCUT2D eigenvalue weighted by Crippen LogP contribution is 2.27. The van der Waals surface area contributed by atoms with Gasteiger partial charge in [0.05, 0.1) is 19.3 Å². The molecule has 2 aromatic rings. The number of benzene rings is 1. The number of aromatic nitrogens is 1. The van der Waals surface area contributed by atoms with Crippen LogP contribution in [0.4, 0.5) is 0 Å². The molecule has 0 fully saturated rings. The average molecular weight is 291 g/mol. The van der Waals surface area contributed by atoms with Crippen LogP contribution in [0.5, 0.6) is 5.75 Å². The Morgan fingerprint density at radius 2 is 2.05 bits per heavy atom.